The summed E-state index contributed by atoms with van der Waals surface area (Å²) in [5, 5.41) is 10.4. The van der Waals surface area contributed by atoms with E-state index < -0.39 is 35.6 Å². The molecule has 0 aromatic heterocycles. The van der Waals surface area contributed by atoms with Crippen LogP contribution >= 0.6 is 0 Å². The van der Waals surface area contributed by atoms with Gasteiger partial charge in [-0.25, -0.2) is 0 Å². The minimum absolute atomic E-state index is 0.0861. The van der Waals surface area contributed by atoms with Crippen LogP contribution in [0.15, 0.2) is 24.3 Å². The number of aliphatic hydroxyl groups excluding tert-OH is 1. The number of rotatable bonds is 10. The molecule has 0 radical (unpaired) electrons. The fourth-order valence-corrected chi connectivity index (χ4v) is 6.61. The van der Waals surface area contributed by atoms with Gasteiger partial charge in [-0.3, -0.25) is 14.4 Å². The Bertz CT molecular complexity index is 902. The number of nitrogens with zero attached hydrogens (tertiary/aromatic N) is 3. The predicted molar refractivity (Wildman–Crippen MR) is 137 cm³/mol. The van der Waals surface area contributed by atoms with Gasteiger partial charge in [-0.15, -0.1) is 0 Å². The van der Waals surface area contributed by atoms with Crippen molar-refractivity contribution in [3.63, 3.8) is 0 Å². The third kappa shape index (κ3) is 4.51. The van der Waals surface area contributed by atoms with Crippen LogP contribution in [0.4, 0.5) is 0 Å². The first kappa shape index (κ1) is 26.9. The van der Waals surface area contributed by atoms with Crippen LogP contribution < -0.4 is 0 Å². The van der Waals surface area contributed by atoms with Crippen molar-refractivity contribution in [3.8, 4) is 0 Å². The molecule has 0 aliphatic carbocycles. The van der Waals surface area contributed by atoms with E-state index in [0.29, 0.717) is 32.6 Å². The van der Waals surface area contributed by atoms with Gasteiger partial charge in [0, 0.05) is 26.2 Å². The lowest BCUT2D eigenvalue weighted by Crippen LogP contribution is -2.58. The first-order valence-corrected chi connectivity index (χ1v) is 13.8. The molecular formula is C28H43N3O5. The summed E-state index contributed by atoms with van der Waals surface area (Å²) < 4.78 is 6.67. The molecule has 36 heavy (non-hydrogen) atoms. The Morgan fingerprint density at radius 3 is 2.39 bits per heavy atom. The van der Waals surface area contributed by atoms with Crippen LogP contribution in [-0.4, -0.2) is 94.1 Å². The van der Waals surface area contributed by atoms with E-state index >= 15 is 0 Å². The van der Waals surface area contributed by atoms with Gasteiger partial charge in [-0.05, 0) is 25.2 Å². The molecule has 2 fully saturated rings. The Labute approximate surface area is 215 Å². The summed E-state index contributed by atoms with van der Waals surface area (Å²) in [6, 6.07) is -1.40. The summed E-state index contributed by atoms with van der Waals surface area (Å²) in [7, 11) is 0. The van der Waals surface area contributed by atoms with E-state index in [1.165, 1.54) is 0 Å². The van der Waals surface area contributed by atoms with Crippen molar-refractivity contribution in [2.24, 2.45) is 17.8 Å². The van der Waals surface area contributed by atoms with Gasteiger partial charge in [0.2, 0.25) is 17.7 Å². The van der Waals surface area contributed by atoms with Gasteiger partial charge in [-0.1, -0.05) is 64.8 Å². The fourth-order valence-electron chi connectivity index (χ4n) is 6.61. The maximum Gasteiger partial charge on any atom is 0.249 e. The number of fused-ring (bicyclic) bond motifs is 2. The standard InChI is InChI=1S/C28H43N3O5/c1-5-7-8-14-30-16-10-12-28-23(22-21(36-28)11-9-15-29(13-6-2)25(22)33)26(34)31(24(28)27(30)35)20(18-32)17-19(3)4/h9-12,19-24,32H,5-8,13-18H2,1-4H3/t20-,21-,22+,23+,24?,28+/m1/s1. The lowest BCUT2D eigenvalue weighted by atomic mass is 9.77. The number of carbonyl (C=O) groups is 3. The zero-order chi connectivity index (χ0) is 26.0. The average molecular weight is 502 g/mol. The second kappa shape index (κ2) is 11.1. The van der Waals surface area contributed by atoms with Crippen LogP contribution in [-0.2, 0) is 19.1 Å². The number of ether oxygens (including phenoxy) is 1. The number of aliphatic hydroxyl groups is 1. The van der Waals surface area contributed by atoms with Crippen molar-refractivity contribution >= 4 is 17.7 Å². The third-order valence-corrected chi connectivity index (χ3v) is 8.14. The van der Waals surface area contributed by atoms with Crippen molar-refractivity contribution in [3.05, 3.63) is 24.3 Å². The van der Waals surface area contributed by atoms with E-state index in [1.807, 2.05) is 50.0 Å². The molecule has 8 heteroatoms. The molecule has 4 heterocycles. The van der Waals surface area contributed by atoms with E-state index in [0.717, 1.165) is 25.7 Å². The van der Waals surface area contributed by atoms with Crippen molar-refractivity contribution < 1.29 is 24.2 Å². The van der Waals surface area contributed by atoms with E-state index in [9.17, 15) is 19.5 Å². The molecule has 0 saturated carbocycles. The number of hydrogen-bond acceptors (Lipinski definition) is 5. The van der Waals surface area contributed by atoms with Crippen molar-refractivity contribution in [2.45, 2.75) is 83.6 Å². The van der Waals surface area contributed by atoms with Crippen LogP contribution in [0, 0.1) is 17.8 Å². The minimum atomic E-state index is -1.22. The smallest absolute Gasteiger partial charge is 0.249 e. The predicted octanol–water partition coefficient (Wildman–Crippen LogP) is 2.37. The van der Waals surface area contributed by atoms with Crippen LogP contribution in [0.1, 0.15) is 59.8 Å². The molecule has 2 saturated heterocycles. The van der Waals surface area contributed by atoms with E-state index in [1.54, 1.807) is 9.80 Å². The molecule has 4 aliphatic heterocycles. The van der Waals surface area contributed by atoms with Crippen molar-refractivity contribution in [2.75, 3.05) is 32.8 Å². The third-order valence-electron chi connectivity index (χ3n) is 8.14. The molecule has 4 aliphatic rings. The Morgan fingerprint density at radius 1 is 1.00 bits per heavy atom. The summed E-state index contributed by atoms with van der Waals surface area (Å²) in [5.74, 6) is -1.73. The topological polar surface area (TPSA) is 90.4 Å². The lowest BCUT2D eigenvalue weighted by Gasteiger charge is -2.39. The Kier molecular flexibility index (Phi) is 8.25. The zero-order valence-electron chi connectivity index (χ0n) is 22.3. The molecule has 0 bridgehead atoms. The van der Waals surface area contributed by atoms with Crippen LogP contribution in [0.5, 0.6) is 0 Å². The Balaban J connectivity index is 1.79. The number of amides is 3. The van der Waals surface area contributed by atoms with Crippen LogP contribution in [0.3, 0.4) is 0 Å². The van der Waals surface area contributed by atoms with Gasteiger partial charge < -0.3 is 24.5 Å². The monoisotopic (exact) mass is 501 g/mol. The minimum Gasteiger partial charge on any atom is -0.394 e. The van der Waals surface area contributed by atoms with Gasteiger partial charge in [0.25, 0.3) is 0 Å². The normalized spacial score (nSPS) is 32.6. The van der Waals surface area contributed by atoms with E-state index in [4.69, 9.17) is 4.74 Å². The first-order valence-electron chi connectivity index (χ1n) is 13.8. The average Bonchev–Trinajstić information content (AvgIpc) is 3.17. The molecule has 3 amide bonds. The van der Waals surface area contributed by atoms with Gasteiger partial charge in [0.1, 0.15) is 11.6 Å². The molecule has 4 rings (SSSR count). The van der Waals surface area contributed by atoms with Crippen molar-refractivity contribution in [1.29, 1.82) is 0 Å². The van der Waals surface area contributed by atoms with Gasteiger partial charge in [0.05, 0.1) is 30.6 Å². The van der Waals surface area contributed by atoms with Gasteiger partial charge in [0.15, 0.2) is 0 Å². The Morgan fingerprint density at radius 2 is 1.72 bits per heavy atom. The van der Waals surface area contributed by atoms with E-state index in [2.05, 4.69) is 6.92 Å². The summed E-state index contributed by atoms with van der Waals surface area (Å²) >= 11 is 0. The molecule has 1 N–H and O–H groups in total. The summed E-state index contributed by atoms with van der Waals surface area (Å²) in [5.41, 5.74) is -1.22. The largest absolute Gasteiger partial charge is 0.394 e. The van der Waals surface area contributed by atoms with Gasteiger partial charge in [-0.2, -0.15) is 0 Å². The van der Waals surface area contributed by atoms with Crippen LogP contribution in [0.25, 0.3) is 0 Å². The second-order valence-electron chi connectivity index (χ2n) is 11.2. The zero-order valence-corrected chi connectivity index (χ0v) is 22.3. The fraction of sp³-hybridized carbons (Fsp3) is 0.750. The number of hydrogen-bond donors (Lipinski definition) is 1. The molecule has 6 atom stereocenters. The molecule has 8 nitrogen and oxygen atoms in total. The summed E-state index contributed by atoms with van der Waals surface area (Å²) in [6.07, 6.45) is 11.5. The molecular weight excluding hydrogens is 458 g/mol. The summed E-state index contributed by atoms with van der Waals surface area (Å²) in [4.78, 5) is 47.4. The highest BCUT2D eigenvalue weighted by Crippen LogP contribution is 2.54. The molecule has 1 spiro atoms. The van der Waals surface area contributed by atoms with Crippen LogP contribution in [0.2, 0.25) is 0 Å². The molecule has 0 aromatic rings. The maximum atomic E-state index is 14.3. The second-order valence-corrected chi connectivity index (χ2v) is 11.2. The lowest BCUT2D eigenvalue weighted by molar-refractivity contribution is -0.151. The number of carbonyl (C=O) groups excluding carboxylic acids is 3. The highest BCUT2D eigenvalue weighted by atomic mass is 16.5. The number of unbranched alkanes of at least 4 members (excludes halogenated alkanes) is 2. The highest BCUT2D eigenvalue weighted by molar-refractivity contribution is 6.00. The van der Waals surface area contributed by atoms with Gasteiger partial charge >= 0.3 is 0 Å². The highest BCUT2D eigenvalue weighted by Gasteiger charge is 2.72. The van der Waals surface area contributed by atoms with Crippen molar-refractivity contribution in [1.82, 2.24) is 14.7 Å². The number of likely N-dealkylation sites (tertiary alicyclic amines) is 1. The SMILES string of the molecule is CCCCCN1CC=C[C@]23O[C@@H]4C=CCN(CCC)C(=O)[C@@H]4[C@H]2C(=O)N([C@@H](CO)CC(C)C)C3C1=O. The molecule has 1 unspecified atom stereocenters. The molecule has 200 valence electrons. The molecule has 0 aromatic carbocycles. The Hall–Kier alpha value is -2.19. The van der Waals surface area contributed by atoms with E-state index in [-0.39, 0.29) is 30.2 Å². The first-order chi connectivity index (χ1) is 17.3. The maximum absolute atomic E-state index is 14.3. The quantitative estimate of drug-likeness (QED) is 0.367. The summed E-state index contributed by atoms with van der Waals surface area (Å²) in [6.45, 7) is 10.2.